The average Bonchev–Trinajstić information content (AvgIpc) is 2.72. The van der Waals surface area contributed by atoms with E-state index in [2.05, 4.69) is 20.8 Å². The molecule has 1 aliphatic heterocycles. The lowest BCUT2D eigenvalue weighted by Crippen LogP contribution is -2.33. The molecule has 1 aromatic heterocycles. The Labute approximate surface area is 119 Å². The van der Waals surface area contributed by atoms with Gasteiger partial charge in [-0.3, -0.25) is 9.59 Å². The van der Waals surface area contributed by atoms with Crippen LogP contribution in [0.1, 0.15) is 27.2 Å². The van der Waals surface area contributed by atoms with Crippen molar-refractivity contribution < 1.29 is 4.79 Å². The van der Waals surface area contributed by atoms with Crippen LogP contribution >= 0.6 is 0 Å². The Bertz CT molecular complexity index is 557. The number of rotatable bonds is 3. The van der Waals surface area contributed by atoms with Gasteiger partial charge in [0.2, 0.25) is 5.91 Å². The number of aromatic nitrogens is 1. The van der Waals surface area contributed by atoms with Gasteiger partial charge in [0, 0.05) is 44.0 Å². The summed E-state index contributed by atoms with van der Waals surface area (Å²) in [6.45, 7) is 8.32. The monoisotopic (exact) mass is 277 g/mol. The van der Waals surface area contributed by atoms with Gasteiger partial charge >= 0.3 is 0 Å². The van der Waals surface area contributed by atoms with E-state index in [1.54, 1.807) is 16.8 Å². The Morgan fingerprint density at radius 2 is 1.95 bits per heavy atom. The van der Waals surface area contributed by atoms with E-state index < -0.39 is 0 Å². The normalized spacial score (nSPS) is 19.6. The SMILES string of the molecule is CC(C)(C)C1CC(=O)N(CCn2cc(N)ccc2=O)C1. The van der Waals surface area contributed by atoms with Gasteiger partial charge in [0.1, 0.15) is 0 Å². The van der Waals surface area contributed by atoms with Crippen LogP contribution in [0.5, 0.6) is 0 Å². The van der Waals surface area contributed by atoms with E-state index in [0.717, 1.165) is 6.54 Å². The summed E-state index contributed by atoms with van der Waals surface area (Å²) in [5.41, 5.74) is 6.29. The molecule has 110 valence electrons. The average molecular weight is 277 g/mol. The number of anilines is 1. The first-order chi connectivity index (χ1) is 9.27. The minimum absolute atomic E-state index is 0.0850. The van der Waals surface area contributed by atoms with Crippen LogP contribution in [-0.2, 0) is 11.3 Å². The standard InChI is InChI=1S/C15H23N3O2/c1-15(2,3)11-8-14(20)17(9-11)6-7-18-10-12(16)4-5-13(18)19/h4-5,10-11H,6-9,16H2,1-3H3. The molecular weight excluding hydrogens is 254 g/mol. The van der Waals surface area contributed by atoms with Crippen molar-refractivity contribution in [2.75, 3.05) is 18.8 Å². The van der Waals surface area contributed by atoms with E-state index in [1.165, 1.54) is 6.07 Å². The minimum atomic E-state index is -0.0850. The number of pyridine rings is 1. The second-order valence-corrected chi connectivity index (χ2v) is 6.60. The molecule has 1 aliphatic rings. The molecule has 2 rings (SSSR count). The molecule has 2 heterocycles. The smallest absolute Gasteiger partial charge is 0.250 e. The highest BCUT2D eigenvalue weighted by atomic mass is 16.2. The Balaban J connectivity index is 2.00. The van der Waals surface area contributed by atoms with Crippen LogP contribution < -0.4 is 11.3 Å². The van der Waals surface area contributed by atoms with E-state index in [4.69, 9.17) is 5.73 Å². The highest BCUT2D eigenvalue weighted by Gasteiger charge is 2.36. The number of nitrogen functional groups attached to an aromatic ring is 1. The van der Waals surface area contributed by atoms with Gasteiger partial charge in [-0.05, 0) is 17.4 Å². The largest absolute Gasteiger partial charge is 0.398 e. The van der Waals surface area contributed by atoms with Crippen molar-refractivity contribution in [3.05, 3.63) is 28.7 Å². The van der Waals surface area contributed by atoms with Crippen LogP contribution in [0, 0.1) is 11.3 Å². The molecule has 1 amide bonds. The molecule has 2 N–H and O–H groups in total. The van der Waals surface area contributed by atoms with Crippen molar-refractivity contribution in [2.45, 2.75) is 33.7 Å². The quantitative estimate of drug-likeness (QED) is 0.906. The summed E-state index contributed by atoms with van der Waals surface area (Å²) in [5, 5.41) is 0. The first-order valence-electron chi connectivity index (χ1n) is 7.01. The third-order valence-corrected chi connectivity index (χ3v) is 4.06. The van der Waals surface area contributed by atoms with Crippen LogP contribution in [0.15, 0.2) is 23.1 Å². The Morgan fingerprint density at radius 1 is 1.25 bits per heavy atom. The highest BCUT2D eigenvalue weighted by molar-refractivity contribution is 5.78. The first kappa shape index (κ1) is 14.6. The molecule has 1 saturated heterocycles. The Morgan fingerprint density at radius 3 is 2.55 bits per heavy atom. The van der Waals surface area contributed by atoms with Crippen molar-refractivity contribution in [2.24, 2.45) is 11.3 Å². The maximum atomic E-state index is 12.0. The van der Waals surface area contributed by atoms with Crippen LogP contribution in [-0.4, -0.2) is 28.5 Å². The van der Waals surface area contributed by atoms with Crippen molar-refractivity contribution >= 4 is 11.6 Å². The molecule has 1 fully saturated rings. The molecule has 1 atom stereocenters. The molecule has 1 unspecified atom stereocenters. The molecule has 0 bridgehead atoms. The number of carbonyl (C=O) groups excluding carboxylic acids is 1. The summed E-state index contributed by atoms with van der Waals surface area (Å²) >= 11 is 0. The fraction of sp³-hybridized carbons (Fsp3) is 0.600. The predicted octanol–water partition coefficient (Wildman–Crippen LogP) is 1.33. The van der Waals surface area contributed by atoms with Gasteiger partial charge in [0.05, 0.1) is 0 Å². The van der Waals surface area contributed by atoms with Gasteiger partial charge in [-0.1, -0.05) is 20.8 Å². The zero-order valence-electron chi connectivity index (χ0n) is 12.4. The molecule has 1 aromatic rings. The molecular formula is C15H23N3O2. The third kappa shape index (κ3) is 3.21. The summed E-state index contributed by atoms with van der Waals surface area (Å²) in [7, 11) is 0. The fourth-order valence-corrected chi connectivity index (χ4v) is 2.52. The van der Waals surface area contributed by atoms with Gasteiger partial charge in [-0.25, -0.2) is 0 Å². The maximum Gasteiger partial charge on any atom is 0.250 e. The number of hydrogen-bond donors (Lipinski definition) is 1. The molecule has 5 heteroatoms. The van der Waals surface area contributed by atoms with Crippen LogP contribution in [0.2, 0.25) is 0 Å². The second kappa shape index (κ2) is 5.31. The van der Waals surface area contributed by atoms with Gasteiger partial charge in [-0.2, -0.15) is 0 Å². The van der Waals surface area contributed by atoms with Crippen molar-refractivity contribution in [1.82, 2.24) is 9.47 Å². The molecule has 0 saturated carbocycles. The molecule has 0 aromatic carbocycles. The number of nitrogens with zero attached hydrogens (tertiary/aromatic N) is 2. The minimum Gasteiger partial charge on any atom is -0.398 e. The molecule has 20 heavy (non-hydrogen) atoms. The van der Waals surface area contributed by atoms with Gasteiger partial charge < -0.3 is 15.2 Å². The number of hydrogen-bond acceptors (Lipinski definition) is 3. The zero-order chi connectivity index (χ0) is 14.9. The van der Waals surface area contributed by atoms with E-state index >= 15 is 0 Å². The number of carbonyl (C=O) groups is 1. The fourth-order valence-electron chi connectivity index (χ4n) is 2.52. The van der Waals surface area contributed by atoms with E-state index in [9.17, 15) is 9.59 Å². The van der Waals surface area contributed by atoms with Gasteiger partial charge in [0.15, 0.2) is 0 Å². The highest BCUT2D eigenvalue weighted by Crippen LogP contribution is 2.34. The summed E-state index contributed by atoms with van der Waals surface area (Å²) in [4.78, 5) is 25.6. The summed E-state index contributed by atoms with van der Waals surface area (Å²) in [6, 6.07) is 3.05. The van der Waals surface area contributed by atoms with Crippen molar-refractivity contribution in [3.63, 3.8) is 0 Å². The summed E-state index contributed by atoms with van der Waals surface area (Å²) < 4.78 is 1.56. The molecule has 0 radical (unpaired) electrons. The topological polar surface area (TPSA) is 68.3 Å². The molecule has 5 nitrogen and oxygen atoms in total. The van der Waals surface area contributed by atoms with E-state index in [0.29, 0.717) is 31.1 Å². The number of nitrogens with two attached hydrogens (primary N) is 1. The predicted molar refractivity (Wildman–Crippen MR) is 79.3 cm³/mol. The Kier molecular flexibility index (Phi) is 3.88. The van der Waals surface area contributed by atoms with Gasteiger partial charge in [-0.15, -0.1) is 0 Å². The number of amides is 1. The molecule has 0 aliphatic carbocycles. The first-order valence-corrected chi connectivity index (χ1v) is 7.01. The summed E-state index contributed by atoms with van der Waals surface area (Å²) in [6.07, 6.45) is 2.24. The zero-order valence-corrected chi connectivity index (χ0v) is 12.4. The van der Waals surface area contributed by atoms with Crippen LogP contribution in [0.4, 0.5) is 5.69 Å². The third-order valence-electron chi connectivity index (χ3n) is 4.06. The Hall–Kier alpha value is -1.78. The van der Waals surface area contributed by atoms with Gasteiger partial charge in [0.25, 0.3) is 5.56 Å². The van der Waals surface area contributed by atoms with E-state index in [1.807, 2.05) is 4.90 Å². The van der Waals surface area contributed by atoms with Crippen LogP contribution in [0.3, 0.4) is 0 Å². The second-order valence-electron chi connectivity index (χ2n) is 6.60. The lowest BCUT2D eigenvalue weighted by Gasteiger charge is -2.26. The molecule has 0 spiro atoms. The summed E-state index contributed by atoms with van der Waals surface area (Å²) in [5.74, 6) is 0.564. The van der Waals surface area contributed by atoms with E-state index in [-0.39, 0.29) is 16.9 Å². The number of likely N-dealkylation sites (tertiary alicyclic amines) is 1. The lowest BCUT2D eigenvalue weighted by atomic mass is 9.80. The van der Waals surface area contributed by atoms with Crippen molar-refractivity contribution in [1.29, 1.82) is 0 Å². The van der Waals surface area contributed by atoms with Crippen molar-refractivity contribution in [3.8, 4) is 0 Å². The maximum absolute atomic E-state index is 12.0. The van der Waals surface area contributed by atoms with Crippen LogP contribution in [0.25, 0.3) is 0 Å². The lowest BCUT2D eigenvalue weighted by molar-refractivity contribution is -0.127.